The number of hydrogen-bond acceptors (Lipinski definition) is 1. The quantitative estimate of drug-likeness (QED) is 0.611. The summed E-state index contributed by atoms with van der Waals surface area (Å²) in [5.41, 5.74) is 0.308. The molecule has 0 aliphatic heterocycles. The van der Waals surface area contributed by atoms with Crippen LogP contribution in [0.3, 0.4) is 0 Å². The lowest BCUT2D eigenvalue weighted by molar-refractivity contribution is 0.0481. The first-order valence-electron chi connectivity index (χ1n) is 4.40. The third kappa shape index (κ3) is 3.24. The van der Waals surface area contributed by atoms with E-state index in [1.54, 1.807) is 7.11 Å². The van der Waals surface area contributed by atoms with E-state index >= 15 is 0 Å². The van der Waals surface area contributed by atoms with Gasteiger partial charge in [-0.05, 0) is 17.3 Å². The average Bonchev–Trinajstić information content (AvgIpc) is 1.86. The molecule has 0 fully saturated rings. The molecule has 68 valence electrons. The fraction of sp³-hybridized carbons (Fsp3) is 1.00. The Labute approximate surface area is 71.1 Å². The third-order valence-corrected chi connectivity index (χ3v) is 2.75. The van der Waals surface area contributed by atoms with Crippen LogP contribution in [0.2, 0.25) is 0 Å². The van der Waals surface area contributed by atoms with Crippen molar-refractivity contribution in [2.75, 3.05) is 13.7 Å². The summed E-state index contributed by atoms with van der Waals surface area (Å²) in [4.78, 5) is 0. The van der Waals surface area contributed by atoms with Gasteiger partial charge in [0, 0.05) is 7.11 Å². The Balaban J connectivity index is 4.05. The molecular formula is C10H22O. The number of rotatable bonds is 4. The van der Waals surface area contributed by atoms with Gasteiger partial charge in [-0.25, -0.2) is 0 Å². The Morgan fingerprint density at radius 1 is 1.18 bits per heavy atom. The van der Waals surface area contributed by atoms with Crippen molar-refractivity contribution in [2.24, 2.45) is 17.3 Å². The molecule has 0 saturated heterocycles. The zero-order chi connectivity index (χ0) is 9.07. The van der Waals surface area contributed by atoms with E-state index in [0.29, 0.717) is 11.3 Å². The van der Waals surface area contributed by atoms with Gasteiger partial charge in [0.05, 0.1) is 6.61 Å². The molecular weight excluding hydrogens is 136 g/mol. The van der Waals surface area contributed by atoms with Crippen molar-refractivity contribution in [3.8, 4) is 0 Å². The number of hydrogen-bond donors (Lipinski definition) is 0. The maximum atomic E-state index is 5.18. The van der Waals surface area contributed by atoms with Gasteiger partial charge in [-0.15, -0.1) is 0 Å². The van der Waals surface area contributed by atoms with Crippen molar-refractivity contribution in [1.29, 1.82) is 0 Å². The van der Waals surface area contributed by atoms with E-state index < -0.39 is 0 Å². The van der Waals surface area contributed by atoms with Gasteiger partial charge in [-0.3, -0.25) is 0 Å². The van der Waals surface area contributed by atoms with E-state index in [9.17, 15) is 0 Å². The first-order valence-corrected chi connectivity index (χ1v) is 4.40. The second kappa shape index (κ2) is 4.10. The van der Waals surface area contributed by atoms with E-state index in [-0.39, 0.29) is 0 Å². The van der Waals surface area contributed by atoms with E-state index in [4.69, 9.17) is 4.74 Å². The zero-order valence-electron chi connectivity index (χ0n) is 8.77. The fourth-order valence-electron chi connectivity index (χ4n) is 1.41. The smallest absolute Gasteiger partial charge is 0.0516 e. The minimum absolute atomic E-state index is 0.308. The average molecular weight is 158 g/mol. The zero-order valence-corrected chi connectivity index (χ0v) is 8.77. The van der Waals surface area contributed by atoms with Gasteiger partial charge in [0.15, 0.2) is 0 Å². The van der Waals surface area contributed by atoms with E-state index in [0.717, 1.165) is 12.5 Å². The Bertz CT molecular complexity index is 105. The highest BCUT2D eigenvalue weighted by atomic mass is 16.5. The molecule has 0 saturated carbocycles. The Morgan fingerprint density at radius 2 is 1.64 bits per heavy atom. The minimum atomic E-state index is 0.308. The lowest BCUT2D eigenvalue weighted by Gasteiger charge is -2.33. The lowest BCUT2D eigenvalue weighted by Crippen LogP contribution is -2.30. The summed E-state index contributed by atoms with van der Waals surface area (Å²) in [5.74, 6) is 1.45. The van der Waals surface area contributed by atoms with Crippen molar-refractivity contribution in [1.82, 2.24) is 0 Å². The monoisotopic (exact) mass is 158 g/mol. The number of methoxy groups -OCH3 is 1. The van der Waals surface area contributed by atoms with Crippen LogP contribution in [0, 0.1) is 17.3 Å². The maximum Gasteiger partial charge on any atom is 0.0516 e. The summed E-state index contributed by atoms with van der Waals surface area (Å²) in [6, 6.07) is 0. The molecule has 0 aromatic rings. The van der Waals surface area contributed by atoms with Crippen molar-refractivity contribution in [2.45, 2.75) is 34.6 Å². The van der Waals surface area contributed by atoms with Crippen molar-refractivity contribution >= 4 is 0 Å². The van der Waals surface area contributed by atoms with Crippen LogP contribution in [0.15, 0.2) is 0 Å². The van der Waals surface area contributed by atoms with Gasteiger partial charge in [-0.1, -0.05) is 34.6 Å². The van der Waals surface area contributed by atoms with Crippen LogP contribution in [0.25, 0.3) is 0 Å². The molecule has 0 rings (SSSR count). The molecule has 0 aliphatic carbocycles. The van der Waals surface area contributed by atoms with Gasteiger partial charge in [0.1, 0.15) is 0 Å². The van der Waals surface area contributed by atoms with Crippen LogP contribution in [-0.2, 0) is 4.74 Å². The van der Waals surface area contributed by atoms with Gasteiger partial charge in [0.25, 0.3) is 0 Å². The van der Waals surface area contributed by atoms with Crippen LogP contribution in [0.1, 0.15) is 34.6 Å². The van der Waals surface area contributed by atoms with Crippen molar-refractivity contribution in [3.63, 3.8) is 0 Å². The highest BCUT2D eigenvalue weighted by Crippen LogP contribution is 2.31. The van der Waals surface area contributed by atoms with Crippen molar-refractivity contribution in [3.05, 3.63) is 0 Å². The van der Waals surface area contributed by atoms with Crippen LogP contribution in [-0.4, -0.2) is 13.7 Å². The predicted octanol–water partition coefficient (Wildman–Crippen LogP) is 2.95. The van der Waals surface area contributed by atoms with E-state index in [1.807, 2.05) is 0 Å². The Hall–Kier alpha value is -0.0400. The predicted molar refractivity (Wildman–Crippen MR) is 49.7 cm³/mol. The molecule has 0 aliphatic rings. The molecule has 0 N–H and O–H groups in total. The Morgan fingerprint density at radius 3 is 1.91 bits per heavy atom. The van der Waals surface area contributed by atoms with Crippen molar-refractivity contribution < 1.29 is 4.74 Å². The fourth-order valence-corrected chi connectivity index (χ4v) is 1.41. The molecule has 0 radical (unpaired) electrons. The normalized spacial score (nSPS) is 15.5. The van der Waals surface area contributed by atoms with Crippen LogP contribution < -0.4 is 0 Å². The molecule has 1 heteroatoms. The Kier molecular flexibility index (Phi) is 4.09. The molecule has 11 heavy (non-hydrogen) atoms. The maximum absolute atomic E-state index is 5.18. The largest absolute Gasteiger partial charge is 0.384 e. The second-order valence-electron chi connectivity index (χ2n) is 4.45. The summed E-state index contributed by atoms with van der Waals surface area (Å²) in [7, 11) is 1.77. The molecule has 0 aromatic carbocycles. The van der Waals surface area contributed by atoms with Gasteiger partial charge < -0.3 is 4.74 Å². The summed E-state index contributed by atoms with van der Waals surface area (Å²) in [5, 5.41) is 0. The first kappa shape index (κ1) is 11.0. The summed E-state index contributed by atoms with van der Waals surface area (Å²) >= 11 is 0. The second-order valence-corrected chi connectivity index (χ2v) is 4.45. The molecule has 1 unspecified atom stereocenters. The van der Waals surface area contributed by atoms with Gasteiger partial charge in [0.2, 0.25) is 0 Å². The van der Waals surface area contributed by atoms with Crippen LogP contribution >= 0.6 is 0 Å². The highest BCUT2D eigenvalue weighted by molar-refractivity contribution is 4.76. The van der Waals surface area contributed by atoms with Crippen LogP contribution in [0.5, 0.6) is 0 Å². The first-order chi connectivity index (χ1) is 4.91. The molecule has 0 spiro atoms. The van der Waals surface area contributed by atoms with Crippen LogP contribution in [0.4, 0.5) is 0 Å². The minimum Gasteiger partial charge on any atom is -0.384 e. The number of ether oxygens (including phenoxy) is 1. The summed E-state index contributed by atoms with van der Waals surface area (Å²) in [6.45, 7) is 12.2. The summed E-state index contributed by atoms with van der Waals surface area (Å²) in [6.07, 6.45) is 0. The molecule has 0 heterocycles. The molecule has 0 bridgehead atoms. The summed E-state index contributed by atoms with van der Waals surface area (Å²) < 4.78 is 5.18. The molecule has 1 atom stereocenters. The molecule has 0 aromatic heterocycles. The SMILES string of the molecule is COCC(C)(C)C(C)C(C)C. The van der Waals surface area contributed by atoms with Gasteiger partial charge in [-0.2, -0.15) is 0 Å². The standard InChI is InChI=1S/C10H22O/c1-8(2)9(3)10(4,5)7-11-6/h8-9H,7H2,1-6H3. The topological polar surface area (TPSA) is 9.23 Å². The molecule has 1 nitrogen and oxygen atoms in total. The van der Waals surface area contributed by atoms with E-state index in [2.05, 4.69) is 34.6 Å². The van der Waals surface area contributed by atoms with E-state index in [1.165, 1.54) is 0 Å². The lowest BCUT2D eigenvalue weighted by atomic mass is 9.75. The third-order valence-electron chi connectivity index (χ3n) is 2.75. The van der Waals surface area contributed by atoms with Gasteiger partial charge >= 0.3 is 0 Å². The molecule has 0 amide bonds. The highest BCUT2D eigenvalue weighted by Gasteiger charge is 2.27.